The van der Waals surface area contributed by atoms with E-state index in [0.29, 0.717) is 31.9 Å². The maximum atomic E-state index is 13.9. The standard InChI is InChI=1S/C23H15BrClFN4O2/c24-13-7-16-21(22(29-23(16)32)15-9-14(26)5-6-17(15)25)18(8-13)28-20(31)11-30-19-4-2-1-3-12(19)10-27-30/h1-10,22H,11H2,(H,28,31)(H,29,32). The second-order valence-corrected chi connectivity index (χ2v) is 8.72. The van der Waals surface area contributed by atoms with Crippen LogP contribution in [0.5, 0.6) is 0 Å². The monoisotopic (exact) mass is 512 g/mol. The van der Waals surface area contributed by atoms with Gasteiger partial charge in [0.05, 0.1) is 17.8 Å². The van der Waals surface area contributed by atoms with Gasteiger partial charge < -0.3 is 10.6 Å². The molecule has 0 radical (unpaired) electrons. The topological polar surface area (TPSA) is 76.0 Å². The molecule has 2 N–H and O–H groups in total. The molecule has 0 saturated carbocycles. The first-order valence-electron chi connectivity index (χ1n) is 9.70. The van der Waals surface area contributed by atoms with E-state index in [9.17, 15) is 14.0 Å². The van der Waals surface area contributed by atoms with E-state index in [-0.39, 0.29) is 18.4 Å². The van der Waals surface area contributed by atoms with Gasteiger partial charge in [0, 0.05) is 37.3 Å². The van der Waals surface area contributed by atoms with Gasteiger partial charge in [-0.2, -0.15) is 5.10 Å². The average molecular weight is 514 g/mol. The molecule has 1 aliphatic heterocycles. The van der Waals surface area contributed by atoms with Crippen LogP contribution in [0.25, 0.3) is 10.9 Å². The van der Waals surface area contributed by atoms with Crippen LogP contribution in [0, 0.1) is 5.82 Å². The number of carbonyl (C=O) groups excluding carboxylic acids is 2. The van der Waals surface area contributed by atoms with Crippen molar-refractivity contribution in [1.29, 1.82) is 0 Å². The Morgan fingerprint density at radius 3 is 2.88 bits per heavy atom. The lowest BCUT2D eigenvalue weighted by atomic mass is 9.96. The Hall–Kier alpha value is -3.23. The number of benzene rings is 3. The van der Waals surface area contributed by atoms with Crippen LogP contribution in [0.3, 0.4) is 0 Å². The molecule has 4 aromatic rings. The second kappa shape index (κ2) is 8.03. The number of amides is 2. The third kappa shape index (κ3) is 3.65. The molecule has 1 aliphatic rings. The van der Waals surface area contributed by atoms with Crippen molar-refractivity contribution in [3.63, 3.8) is 0 Å². The van der Waals surface area contributed by atoms with Gasteiger partial charge in [0.25, 0.3) is 5.91 Å². The van der Waals surface area contributed by atoms with Crippen LogP contribution in [0.1, 0.15) is 27.5 Å². The van der Waals surface area contributed by atoms with Crippen LogP contribution in [-0.4, -0.2) is 21.6 Å². The Kier molecular flexibility index (Phi) is 5.19. The Bertz CT molecular complexity index is 1400. The van der Waals surface area contributed by atoms with Gasteiger partial charge in [-0.3, -0.25) is 14.3 Å². The molecule has 9 heteroatoms. The van der Waals surface area contributed by atoms with Gasteiger partial charge in [-0.1, -0.05) is 45.7 Å². The highest BCUT2D eigenvalue weighted by molar-refractivity contribution is 9.10. The quantitative estimate of drug-likeness (QED) is 0.400. The number of hydrogen-bond acceptors (Lipinski definition) is 3. The first-order chi connectivity index (χ1) is 15.4. The third-order valence-corrected chi connectivity index (χ3v) is 6.14. The van der Waals surface area contributed by atoms with E-state index in [2.05, 4.69) is 31.7 Å². The van der Waals surface area contributed by atoms with Crippen molar-refractivity contribution < 1.29 is 14.0 Å². The fraction of sp³-hybridized carbons (Fsp3) is 0.0870. The van der Waals surface area contributed by atoms with E-state index in [0.717, 1.165) is 10.9 Å². The molecule has 0 fully saturated rings. The summed E-state index contributed by atoms with van der Waals surface area (Å²) in [5, 5.41) is 11.2. The minimum atomic E-state index is -0.699. The predicted octanol–water partition coefficient (Wildman–Crippen LogP) is 5.06. The molecule has 1 atom stereocenters. The van der Waals surface area contributed by atoms with Crippen molar-refractivity contribution in [2.45, 2.75) is 12.6 Å². The predicted molar refractivity (Wildman–Crippen MR) is 123 cm³/mol. The zero-order chi connectivity index (χ0) is 22.4. The van der Waals surface area contributed by atoms with E-state index >= 15 is 0 Å². The first-order valence-corrected chi connectivity index (χ1v) is 10.9. The zero-order valence-electron chi connectivity index (χ0n) is 16.4. The van der Waals surface area contributed by atoms with Gasteiger partial charge in [-0.25, -0.2) is 4.39 Å². The number of aromatic nitrogens is 2. The highest BCUT2D eigenvalue weighted by Gasteiger charge is 2.34. The summed E-state index contributed by atoms with van der Waals surface area (Å²) in [5.41, 5.74) is 2.59. The summed E-state index contributed by atoms with van der Waals surface area (Å²) in [4.78, 5) is 25.5. The van der Waals surface area contributed by atoms with Crippen LogP contribution in [0.15, 0.2) is 65.3 Å². The molecule has 5 rings (SSSR count). The van der Waals surface area contributed by atoms with Crippen molar-refractivity contribution in [2.75, 3.05) is 5.32 Å². The molecule has 0 saturated heterocycles. The lowest BCUT2D eigenvalue weighted by molar-refractivity contribution is -0.116. The normalized spacial score (nSPS) is 15.0. The average Bonchev–Trinajstić information content (AvgIpc) is 3.31. The maximum Gasteiger partial charge on any atom is 0.252 e. The van der Waals surface area contributed by atoms with Gasteiger partial charge in [-0.15, -0.1) is 0 Å². The van der Waals surface area contributed by atoms with Gasteiger partial charge in [0.15, 0.2) is 0 Å². The smallest absolute Gasteiger partial charge is 0.252 e. The molecule has 0 aliphatic carbocycles. The van der Waals surface area contributed by atoms with Crippen molar-refractivity contribution >= 4 is 55.9 Å². The van der Waals surface area contributed by atoms with E-state index < -0.39 is 11.9 Å². The molecule has 6 nitrogen and oxygen atoms in total. The van der Waals surface area contributed by atoms with Gasteiger partial charge in [0.2, 0.25) is 5.91 Å². The minimum Gasteiger partial charge on any atom is -0.341 e. The first kappa shape index (κ1) is 20.7. The molecule has 3 aromatic carbocycles. The summed E-state index contributed by atoms with van der Waals surface area (Å²) >= 11 is 9.70. The van der Waals surface area contributed by atoms with Crippen LogP contribution >= 0.6 is 27.5 Å². The van der Waals surface area contributed by atoms with Crippen LogP contribution in [0.4, 0.5) is 10.1 Å². The molecule has 2 amide bonds. The number of nitrogens with zero attached hydrogens (tertiary/aromatic N) is 2. The van der Waals surface area contributed by atoms with Gasteiger partial charge in [0.1, 0.15) is 12.4 Å². The summed E-state index contributed by atoms with van der Waals surface area (Å²) in [5.74, 6) is -1.12. The van der Waals surface area contributed by atoms with Crippen molar-refractivity contribution in [2.24, 2.45) is 0 Å². The molecule has 1 aromatic heterocycles. The third-order valence-electron chi connectivity index (χ3n) is 5.34. The molecule has 1 unspecified atom stereocenters. The number of fused-ring (bicyclic) bond motifs is 2. The molecule has 160 valence electrons. The van der Waals surface area contributed by atoms with Crippen LogP contribution in [-0.2, 0) is 11.3 Å². The lowest BCUT2D eigenvalue weighted by Gasteiger charge is -2.18. The number of para-hydroxylation sites is 1. The summed E-state index contributed by atoms with van der Waals surface area (Å²) in [6.45, 7) is -0.0123. The highest BCUT2D eigenvalue weighted by atomic mass is 79.9. The summed E-state index contributed by atoms with van der Waals surface area (Å²) in [6.07, 6.45) is 1.70. The Labute approximate surface area is 195 Å². The van der Waals surface area contributed by atoms with Crippen molar-refractivity contribution in [3.8, 4) is 0 Å². The summed E-state index contributed by atoms with van der Waals surface area (Å²) < 4.78 is 16.2. The fourth-order valence-electron chi connectivity index (χ4n) is 3.95. The molecule has 0 spiro atoms. The van der Waals surface area contributed by atoms with Crippen molar-refractivity contribution in [1.82, 2.24) is 15.1 Å². The maximum absolute atomic E-state index is 13.9. The van der Waals surface area contributed by atoms with E-state index in [1.54, 1.807) is 23.0 Å². The Balaban J connectivity index is 1.51. The van der Waals surface area contributed by atoms with Crippen LogP contribution < -0.4 is 10.6 Å². The molecular weight excluding hydrogens is 499 g/mol. The number of halogens is 3. The molecule has 2 heterocycles. The number of rotatable bonds is 4. The van der Waals surface area contributed by atoms with Crippen LogP contribution in [0.2, 0.25) is 5.02 Å². The Morgan fingerprint density at radius 1 is 1.22 bits per heavy atom. The summed E-state index contributed by atoms with van der Waals surface area (Å²) in [6, 6.07) is 14.2. The van der Waals surface area contributed by atoms with E-state index in [4.69, 9.17) is 11.6 Å². The number of nitrogens with one attached hydrogen (secondary N) is 2. The fourth-order valence-corrected chi connectivity index (χ4v) is 4.63. The molecular formula is C23H15BrClFN4O2. The molecule has 32 heavy (non-hydrogen) atoms. The van der Waals surface area contributed by atoms with Crippen molar-refractivity contribution in [3.05, 3.63) is 92.8 Å². The van der Waals surface area contributed by atoms with Gasteiger partial charge >= 0.3 is 0 Å². The summed E-state index contributed by atoms with van der Waals surface area (Å²) in [7, 11) is 0. The lowest BCUT2D eigenvalue weighted by Crippen LogP contribution is -2.22. The zero-order valence-corrected chi connectivity index (χ0v) is 18.7. The Morgan fingerprint density at radius 2 is 2.03 bits per heavy atom. The van der Waals surface area contributed by atoms with E-state index in [1.807, 2.05) is 24.3 Å². The van der Waals surface area contributed by atoms with Gasteiger partial charge in [-0.05, 0) is 36.4 Å². The second-order valence-electron chi connectivity index (χ2n) is 7.40. The SMILES string of the molecule is O=C(Cn1ncc2ccccc21)Nc1cc(Br)cc2c1C(c1cc(F)ccc1Cl)NC2=O. The largest absolute Gasteiger partial charge is 0.341 e. The molecule has 0 bridgehead atoms. The number of hydrogen-bond donors (Lipinski definition) is 2. The highest BCUT2D eigenvalue weighted by Crippen LogP contribution is 2.40. The minimum absolute atomic E-state index is 0.0123. The number of anilines is 1. The van der Waals surface area contributed by atoms with E-state index in [1.165, 1.54) is 18.2 Å². The number of carbonyl (C=O) groups is 2.